The first-order valence-corrected chi connectivity index (χ1v) is 21.2. The summed E-state index contributed by atoms with van der Waals surface area (Å²) in [5.74, 6) is -3.01. The number of thiazole rings is 2. The molecule has 7 heterocycles. The number of hydrogen-bond donors (Lipinski definition) is 0. The van der Waals surface area contributed by atoms with Crippen molar-refractivity contribution in [3.05, 3.63) is 144 Å². The maximum Gasteiger partial charge on any atom is 0.429 e. The van der Waals surface area contributed by atoms with Crippen molar-refractivity contribution in [3.8, 4) is 56.0 Å². The molecule has 17 nitrogen and oxygen atoms in total. The molecule has 3 aromatic carbocycles. The minimum Gasteiger partial charge on any atom is -0.493 e. The van der Waals surface area contributed by atoms with Gasteiger partial charge in [-0.1, -0.05) is 34.3 Å². The zero-order valence-corrected chi connectivity index (χ0v) is 36.9. The quantitative estimate of drug-likeness (QED) is 0.0975. The van der Waals surface area contributed by atoms with Gasteiger partial charge in [0.2, 0.25) is 21.4 Å². The highest BCUT2D eigenvalue weighted by Gasteiger charge is 2.31. The number of pyridine rings is 3. The van der Waals surface area contributed by atoms with Crippen LogP contribution in [0.4, 0.5) is 17.6 Å². The first-order valence-electron chi connectivity index (χ1n) is 18.3. The fraction of sp³-hybridized carbons (Fsp3) is 0.0488. The molecule has 0 aliphatic heterocycles. The Labute approximate surface area is 388 Å². The highest BCUT2D eigenvalue weighted by Crippen LogP contribution is 2.40. The van der Waals surface area contributed by atoms with Crippen molar-refractivity contribution in [2.45, 2.75) is 6.18 Å². The molecule has 10 rings (SSSR count). The number of halogens is 6. The standard InChI is InChI=1S/C41H17ClF4IN7O10S2/c1-59-26-6-7-49-31-33(26)62-39(57)53(35(31)55)37-51-24-5-3-18(10-30(24)66-37)61-27-11-20(22(43)12-21(27)42)25-13-28(64-47)34-32(50-25)36(56)54(40(58)63-34)38-52-23-4-2-17(9-29(23)65-38)60-19-8-16(14-48-15-19)41(44,45)46/h2-15H,1H3. The normalized spacial score (nSPS) is 11.8. The van der Waals surface area contributed by atoms with Crippen molar-refractivity contribution in [2.75, 3.05) is 7.11 Å². The molecule has 0 aliphatic carbocycles. The maximum absolute atomic E-state index is 15.8. The van der Waals surface area contributed by atoms with Gasteiger partial charge in [-0.05, 0) is 42.5 Å². The lowest BCUT2D eigenvalue weighted by Crippen LogP contribution is -2.31. The third-order valence-corrected chi connectivity index (χ3v) is 12.3. The van der Waals surface area contributed by atoms with E-state index in [4.69, 9.17) is 37.7 Å². The predicted octanol–water partition coefficient (Wildman–Crippen LogP) is 9.41. The van der Waals surface area contributed by atoms with Gasteiger partial charge in [-0.2, -0.15) is 22.3 Å². The summed E-state index contributed by atoms with van der Waals surface area (Å²) in [5.41, 5.74) is -3.55. The van der Waals surface area contributed by atoms with Crippen LogP contribution in [0.3, 0.4) is 0 Å². The molecule has 7 aromatic heterocycles. The van der Waals surface area contributed by atoms with Crippen LogP contribution in [0.1, 0.15) is 5.56 Å². The van der Waals surface area contributed by atoms with Crippen molar-refractivity contribution in [1.82, 2.24) is 34.1 Å². The van der Waals surface area contributed by atoms with E-state index in [1.165, 1.54) is 78.8 Å². The number of nitrogens with zero attached hydrogens (tertiary/aromatic N) is 7. The Morgan fingerprint density at radius 2 is 1.33 bits per heavy atom. The van der Waals surface area contributed by atoms with E-state index in [0.717, 1.165) is 45.6 Å². The molecule has 0 fully saturated rings. The molecule has 0 saturated carbocycles. The van der Waals surface area contributed by atoms with Crippen LogP contribution in [0.2, 0.25) is 5.02 Å². The SMILES string of the molecule is COc1ccnc2c(=O)n(-c3nc4ccc(Oc5cc(-c6cc(OI)c7oc(=O)n(-c8nc9ccc(Oc%10cncc(C(F)(F)F)c%10)cc9s8)c(=O)c7n6)c(F)cc5Cl)cc4s3)c(=O)oc12. The summed E-state index contributed by atoms with van der Waals surface area (Å²) in [6, 6.07) is 14.6. The second kappa shape index (κ2) is 16.3. The molecule has 66 heavy (non-hydrogen) atoms. The monoisotopic (exact) mass is 1070 g/mol. The average molecular weight is 1070 g/mol. The van der Waals surface area contributed by atoms with Crippen LogP contribution in [0.5, 0.6) is 34.5 Å². The molecular formula is C41H17ClF4IN7O10S2. The Morgan fingerprint density at radius 1 is 0.712 bits per heavy atom. The van der Waals surface area contributed by atoms with E-state index in [0.29, 0.717) is 31.2 Å². The second-order valence-corrected chi connectivity index (χ2v) is 16.5. The Balaban J connectivity index is 0.982. The first kappa shape index (κ1) is 42.6. The molecule has 0 unspecified atom stereocenters. The lowest BCUT2D eigenvalue weighted by molar-refractivity contribution is -0.137. The van der Waals surface area contributed by atoms with Gasteiger partial charge in [-0.15, -0.1) is 0 Å². The van der Waals surface area contributed by atoms with Gasteiger partial charge in [-0.3, -0.25) is 14.6 Å². The van der Waals surface area contributed by atoms with Gasteiger partial charge in [0, 0.05) is 42.2 Å². The fourth-order valence-corrected chi connectivity index (χ4v) is 9.05. The molecule has 10 aromatic rings. The summed E-state index contributed by atoms with van der Waals surface area (Å²) in [5, 5.41) is -0.325. The molecule has 0 amide bonds. The number of aromatic nitrogens is 7. The summed E-state index contributed by atoms with van der Waals surface area (Å²) >= 11 is 9.78. The molecule has 0 spiro atoms. The third-order valence-electron chi connectivity index (χ3n) is 9.55. The van der Waals surface area contributed by atoms with Crippen molar-refractivity contribution >= 4 is 99.9 Å². The minimum atomic E-state index is -4.65. The molecule has 0 radical (unpaired) electrons. The van der Waals surface area contributed by atoms with Gasteiger partial charge in [0.05, 0.1) is 50.0 Å². The Morgan fingerprint density at radius 3 is 1.95 bits per heavy atom. The Bertz CT molecular complexity index is 3910. The van der Waals surface area contributed by atoms with Crippen LogP contribution in [0, 0.1) is 5.82 Å². The van der Waals surface area contributed by atoms with E-state index in [1.54, 1.807) is 12.1 Å². The number of rotatable bonds is 9. The molecule has 0 saturated heterocycles. The molecule has 0 aliphatic rings. The van der Waals surface area contributed by atoms with E-state index in [9.17, 15) is 32.3 Å². The van der Waals surface area contributed by atoms with Gasteiger partial charge >= 0.3 is 17.7 Å². The summed E-state index contributed by atoms with van der Waals surface area (Å²) in [6.45, 7) is 0. The van der Waals surface area contributed by atoms with Crippen LogP contribution in [-0.2, 0) is 6.18 Å². The van der Waals surface area contributed by atoms with Gasteiger partial charge in [0.25, 0.3) is 11.1 Å². The van der Waals surface area contributed by atoms with E-state index in [2.05, 4.69) is 24.9 Å². The highest BCUT2D eigenvalue weighted by atomic mass is 127. The topological polar surface area (TPSA) is 206 Å². The fourth-order valence-electron chi connectivity index (χ4n) is 6.56. The first-order chi connectivity index (χ1) is 31.7. The Kier molecular flexibility index (Phi) is 10.5. The number of methoxy groups -OCH3 is 1. The molecule has 330 valence electrons. The van der Waals surface area contributed by atoms with Crippen LogP contribution < -0.4 is 39.9 Å². The zero-order chi connectivity index (χ0) is 46.2. The number of hydrogen-bond acceptors (Lipinski definition) is 17. The molecule has 0 N–H and O–H groups in total. The van der Waals surface area contributed by atoms with E-state index in [-0.39, 0.29) is 77.7 Å². The molecule has 25 heteroatoms. The highest BCUT2D eigenvalue weighted by molar-refractivity contribution is 14.1. The molecule has 0 bridgehead atoms. The van der Waals surface area contributed by atoms with Gasteiger partial charge in [-0.25, -0.2) is 33.9 Å². The van der Waals surface area contributed by atoms with Crippen molar-refractivity contribution in [3.63, 3.8) is 0 Å². The van der Waals surface area contributed by atoms with Crippen molar-refractivity contribution in [1.29, 1.82) is 0 Å². The lowest BCUT2D eigenvalue weighted by atomic mass is 10.1. The number of alkyl halides is 3. The van der Waals surface area contributed by atoms with E-state index < -0.39 is 45.7 Å². The summed E-state index contributed by atoms with van der Waals surface area (Å²) < 4.78 is 90.9. The largest absolute Gasteiger partial charge is 0.493 e. The predicted molar refractivity (Wildman–Crippen MR) is 239 cm³/mol. The molecular weight excluding hydrogens is 1050 g/mol. The number of benzene rings is 3. The van der Waals surface area contributed by atoms with E-state index >= 15 is 4.39 Å². The third kappa shape index (κ3) is 7.55. The van der Waals surface area contributed by atoms with Gasteiger partial charge in [0.1, 0.15) is 28.8 Å². The van der Waals surface area contributed by atoms with Crippen molar-refractivity contribution in [2.24, 2.45) is 0 Å². The number of ether oxygens (including phenoxy) is 3. The smallest absolute Gasteiger partial charge is 0.429 e. The second-order valence-electron chi connectivity index (χ2n) is 13.6. The number of fused-ring (bicyclic) bond motifs is 4. The van der Waals surface area contributed by atoms with Gasteiger partial charge in [0.15, 0.2) is 45.5 Å². The minimum absolute atomic E-state index is 0.0163. The summed E-state index contributed by atoms with van der Waals surface area (Å²) in [6.07, 6.45) is -1.55. The maximum atomic E-state index is 15.8. The van der Waals surface area contributed by atoms with Crippen LogP contribution >= 0.6 is 57.3 Å². The van der Waals surface area contributed by atoms with E-state index in [1.807, 2.05) is 0 Å². The zero-order valence-electron chi connectivity index (χ0n) is 32.4. The van der Waals surface area contributed by atoms with Gasteiger partial charge < -0.3 is 26.1 Å². The Hall–Kier alpha value is -7.29. The van der Waals surface area contributed by atoms with Crippen LogP contribution in [0.15, 0.2) is 113 Å². The van der Waals surface area contributed by atoms with Crippen LogP contribution in [0.25, 0.3) is 64.2 Å². The average Bonchev–Trinajstić information content (AvgIpc) is 3.90. The summed E-state index contributed by atoms with van der Waals surface area (Å²) in [4.78, 5) is 74.6. The summed E-state index contributed by atoms with van der Waals surface area (Å²) in [7, 11) is 1.35. The molecule has 0 atom stereocenters. The van der Waals surface area contributed by atoms with Crippen molar-refractivity contribution < 1.29 is 43.7 Å². The lowest BCUT2D eigenvalue weighted by Gasteiger charge is -2.12. The van der Waals surface area contributed by atoms with Crippen LogP contribution in [-0.4, -0.2) is 41.2 Å².